The van der Waals surface area contributed by atoms with E-state index in [1.807, 2.05) is 24.3 Å². The van der Waals surface area contributed by atoms with Gasteiger partial charge < -0.3 is 10.5 Å². The first kappa shape index (κ1) is 14.3. The second-order valence-electron chi connectivity index (χ2n) is 4.72. The summed E-state index contributed by atoms with van der Waals surface area (Å²) < 4.78 is 32.8. The summed E-state index contributed by atoms with van der Waals surface area (Å²) in [4.78, 5) is 4.00. The van der Waals surface area contributed by atoms with Gasteiger partial charge in [-0.15, -0.1) is 0 Å². The number of para-hydroxylation sites is 1. The lowest BCUT2D eigenvalue weighted by atomic mass is 10.2. The summed E-state index contributed by atoms with van der Waals surface area (Å²) in [6, 6.07) is 7.46. The van der Waals surface area contributed by atoms with Gasteiger partial charge in [0.05, 0.1) is 5.69 Å². The van der Waals surface area contributed by atoms with E-state index in [0.29, 0.717) is 18.8 Å². The van der Waals surface area contributed by atoms with Gasteiger partial charge in [0.1, 0.15) is 12.4 Å². The van der Waals surface area contributed by atoms with E-state index in [1.165, 1.54) is 4.31 Å². The Morgan fingerprint density at radius 3 is 2.86 bits per heavy atom. The molecule has 112 valence electrons. The van der Waals surface area contributed by atoms with Gasteiger partial charge in [0, 0.05) is 18.7 Å². The van der Waals surface area contributed by atoms with Crippen molar-refractivity contribution in [2.75, 3.05) is 18.9 Å². The Morgan fingerprint density at radius 2 is 2.14 bits per heavy atom. The van der Waals surface area contributed by atoms with Gasteiger partial charge in [-0.1, -0.05) is 29.5 Å². The molecule has 0 saturated carbocycles. The molecule has 1 aromatic heterocycles. The lowest BCUT2D eigenvalue weighted by molar-refractivity contribution is 0.293. The molecule has 0 amide bonds. The normalized spacial score (nSPS) is 16.0. The minimum atomic E-state index is -3.61. The molecule has 0 bridgehead atoms. The molecule has 2 aromatic rings. The highest BCUT2D eigenvalue weighted by atomic mass is 32.2. The molecule has 2 N–H and O–H groups in total. The molecule has 8 heteroatoms. The van der Waals surface area contributed by atoms with Crippen LogP contribution in [0.4, 0.5) is 5.13 Å². The predicted molar refractivity (Wildman–Crippen MR) is 80.8 cm³/mol. The van der Waals surface area contributed by atoms with Gasteiger partial charge in [0.15, 0.2) is 9.34 Å². The fourth-order valence-corrected chi connectivity index (χ4v) is 5.10. The maximum Gasteiger partial charge on any atom is 0.254 e. The van der Waals surface area contributed by atoms with Crippen molar-refractivity contribution in [3.05, 3.63) is 35.5 Å². The van der Waals surface area contributed by atoms with Crippen molar-refractivity contribution in [2.45, 2.75) is 17.7 Å². The van der Waals surface area contributed by atoms with Crippen LogP contribution in [0.3, 0.4) is 0 Å². The fraction of sp³-hybridized carbons (Fsp3) is 0.308. The summed E-state index contributed by atoms with van der Waals surface area (Å²) in [6.07, 6.45) is 0. The van der Waals surface area contributed by atoms with Crippen molar-refractivity contribution in [3.63, 3.8) is 0 Å². The number of aryl methyl sites for hydroxylation is 1. The molecule has 3 rings (SSSR count). The van der Waals surface area contributed by atoms with Crippen LogP contribution in [0.1, 0.15) is 11.3 Å². The number of anilines is 1. The molecule has 2 heterocycles. The summed E-state index contributed by atoms with van der Waals surface area (Å²) in [6.45, 7) is 2.57. The molecular formula is C13H15N3O3S2. The Balaban J connectivity index is 1.98. The minimum Gasteiger partial charge on any atom is -0.492 e. The average molecular weight is 325 g/mol. The molecule has 1 aliphatic rings. The third-order valence-electron chi connectivity index (χ3n) is 3.26. The largest absolute Gasteiger partial charge is 0.492 e. The number of sulfonamides is 1. The molecule has 0 spiro atoms. The molecule has 21 heavy (non-hydrogen) atoms. The zero-order valence-corrected chi connectivity index (χ0v) is 13.1. The first-order valence-electron chi connectivity index (χ1n) is 6.42. The molecule has 0 aliphatic carbocycles. The number of nitrogen functional groups attached to an aromatic ring is 1. The molecule has 0 atom stereocenters. The third-order valence-corrected chi connectivity index (χ3v) is 6.68. The topological polar surface area (TPSA) is 85.5 Å². The zero-order chi connectivity index (χ0) is 15.0. The summed E-state index contributed by atoms with van der Waals surface area (Å²) in [5.41, 5.74) is 6.91. The van der Waals surface area contributed by atoms with E-state index in [4.69, 9.17) is 10.5 Å². The molecule has 1 aliphatic heterocycles. The van der Waals surface area contributed by atoms with Crippen LogP contribution in [0.5, 0.6) is 5.75 Å². The van der Waals surface area contributed by atoms with E-state index < -0.39 is 10.0 Å². The molecule has 1 aromatic carbocycles. The maximum absolute atomic E-state index is 12.8. The third kappa shape index (κ3) is 2.61. The Hall–Kier alpha value is -1.64. The maximum atomic E-state index is 12.8. The van der Waals surface area contributed by atoms with E-state index >= 15 is 0 Å². The molecule has 0 unspecified atom stereocenters. The van der Waals surface area contributed by atoms with Crippen LogP contribution in [-0.2, 0) is 16.6 Å². The van der Waals surface area contributed by atoms with Crippen molar-refractivity contribution in [2.24, 2.45) is 0 Å². The van der Waals surface area contributed by atoms with E-state index in [-0.39, 0.29) is 15.9 Å². The Morgan fingerprint density at radius 1 is 1.38 bits per heavy atom. The molecule has 6 nitrogen and oxygen atoms in total. The number of nitrogens with zero attached hydrogens (tertiary/aromatic N) is 2. The number of benzene rings is 1. The average Bonchev–Trinajstić information content (AvgIpc) is 2.67. The Labute approximate surface area is 127 Å². The number of aromatic nitrogens is 1. The number of hydrogen-bond donors (Lipinski definition) is 1. The van der Waals surface area contributed by atoms with Crippen molar-refractivity contribution >= 4 is 26.5 Å². The van der Waals surface area contributed by atoms with Gasteiger partial charge in [-0.2, -0.15) is 4.31 Å². The number of rotatable bonds is 2. The SMILES string of the molecule is Cc1nc(N)sc1S(=O)(=O)N1CCOc2ccccc2C1. The molecule has 0 saturated heterocycles. The predicted octanol–water partition coefficient (Wildman–Crippen LogP) is 1.62. The number of nitrogens with two attached hydrogens (primary N) is 1. The zero-order valence-electron chi connectivity index (χ0n) is 11.4. The first-order chi connectivity index (χ1) is 9.98. The molecule has 0 fully saturated rings. The van der Waals surface area contributed by atoms with Crippen molar-refractivity contribution < 1.29 is 13.2 Å². The van der Waals surface area contributed by atoms with Crippen LogP contribution in [0.15, 0.2) is 28.5 Å². The first-order valence-corrected chi connectivity index (χ1v) is 8.68. The highest BCUT2D eigenvalue weighted by Gasteiger charge is 2.31. The van der Waals surface area contributed by atoms with E-state index in [2.05, 4.69) is 4.98 Å². The van der Waals surface area contributed by atoms with Crippen LogP contribution < -0.4 is 10.5 Å². The highest BCUT2D eigenvalue weighted by molar-refractivity contribution is 7.91. The van der Waals surface area contributed by atoms with Crippen molar-refractivity contribution in [1.29, 1.82) is 0 Å². The van der Waals surface area contributed by atoms with E-state index in [0.717, 1.165) is 22.6 Å². The second-order valence-corrected chi connectivity index (χ2v) is 7.88. The van der Waals surface area contributed by atoms with Crippen molar-refractivity contribution in [3.8, 4) is 5.75 Å². The van der Waals surface area contributed by atoms with Crippen LogP contribution in [0.25, 0.3) is 0 Å². The van der Waals surface area contributed by atoms with Gasteiger partial charge in [-0.05, 0) is 13.0 Å². The summed E-state index contributed by atoms with van der Waals surface area (Å²) >= 11 is 0.999. The van der Waals surface area contributed by atoms with Gasteiger partial charge in [-0.25, -0.2) is 13.4 Å². The smallest absolute Gasteiger partial charge is 0.254 e. The number of thiazole rings is 1. The van der Waals surface area contributed by atoms with Gasteiger partial charge in [-0.3, -0.25) is 0 Å². The summed E-state index contributed by atoms with van der Waals surface area (Å²) in [7, 11) is -3.61. The van der Waals surface area contributed by atoms with E-state index in [1.54, 1.807) is 6.92 Å². The number of fused-ring (bicyclic) bond motifs is 1. The van der Waals surface area contributed by atoms with Crippen LogP contribution in [0.2, 0.25) is 0 Å². The quantitative estimate of drug-likeness (QED) is 0.907. The Kier molecular flexibility index (Phi) is 3.60. The molecule has 0 radical (unpaired) electrons. The lowest BCUT2D eigenvalue weighted by Gasteiger charge is -2.18. The standard InChI is InChI=1S/C13H15N3O3S2/c1-9-12(20-13(14)15-9)21(17,18)16-6-7-19-11-5-3-2-4-10(11)8-16/h2-5H,6-8H2,1H3,(H2,14,15). The molecular weight excluding hydrogens is 310 g/mol. The summed E-state index contributed by atoms with van der Waals surface area (Å²) in [5, 5.41) is 0.262. The van der Waals surface area contributed by atoms with Gasteiger partial charge in [0.2, 0.25) is 0 Å². The fourth-order valence-electron chi connectivity index (χ4n) is 2.27. The van der Waals surface area contributed by atoms with Gasteiger partial charge in [0.25, 0.3) is 10.0 Å². The van der Waals surface area contributed by atoms with E-state index in [9.17, 15) is 8.42 Å². The second kappa shape index (κ2) is 5.28. The highest BCUT2D eigenvalue weighted by Crippen LogP contribution is 2.31. The van der Waals surface area contributed by atoms with Gasteiger partial charge >= 0.3 is 0 Å². The minimum absolute atomic E-state index is 0.208. The lowest BCUT2D eigenvalue weighted by Crippen LogP contribution is -2.32. The number of ether oxygens (including phenoxy) is 1. The van der Waals surface area contributed by atoms with Crippen molar-refractivity contribution in [1.82, 2.24) is 9.29 Å². The van der Waals surface area contributed by atoms with Crippen LogP contribution in [-0.4, -0.2) is 30.9 Å². The summed E-state index contributed by atoms with van der Waals surface area (Å²) in [5.74, 6) is 0.732. The van der Waals surface area contributed by atoms with Crippen LogP contribution in [0, 0.1) is 6.92 Å². The van der Waals surface area contributed by atoms with Crippen LogP contribution >= 0.6 is 11.3 Å². The Bertz CT molecular complexity index is 771. The number of hydrogen-bond acceptors (Lipinski definition) is 6. The monoisotopic (exact) mass is 325 g/mol.